The molecule has 0 radical (unpaired) electrons. The van der Waals surface area contributed by atoms with Crippen molar-refractivity contribution >= 4 is 17.7 Å². The third-order valence-corrected chi connectivity index (χ3v) is 5.96. The van der Waals surface area contributed by atoms with Crippen LogP contribution in [0, 0.1) is 6.92 Å². The first-order chi connectivity index (χ1) is 15.9. The minimum absolute atomic E-state index is 0.0510. The second kappa shape index (κ2) is 8.58. The Hall–Kier alpha value is -3.87. The number of allylic oxidation sites excluding steroid dienone is 2. The number of esters is 2. The van der Waals surface area contributed by atoms with Gasteiger partial charge in [0.25, 0.3) is 0 Å². The lowest BCUT2D eigenvalue weighted by atomic mass is 9.77. The third-order valence-electron chi connectivity index (χ3n) is 5.96. The maximum absolute atomic E-state index is 13.4. The highest BCUT2D eigenvalue weighted by Crippen LogP contribution is 2.53. The van der Waals surface area contributed by atoms with Crippen LogP contribution in [-0.2, 0) is 34.1 Å². The van der Waals surface area contributed by atoms with Gasteiger partial charge in [-0.15, -0.1) is 0 Å². The largest absolute Gasteiger partial charge is 0.497 e. The fourth-order valence-electron chi connectivity index (χ4n) is 4.38. The van der Waals surface area contributed by atoms with Gasteiger partial charge in [-0.3, -0.25) is 4.98 Å². The molecule has 1 aromatic carbocycles. The van der Waals surface area contributed by atoms with Crippen LogP contribution in [0.1, 0.15) is 35.7 Å². The number of fused-ring (bicyclic) bond motifs is 5. The molecule has 0 spiro atoms. The maximum atomic E-state index is 13.4. The first-order valence-electron chi connectivity index (χ1n) is 10.4. The van der Waals surface area contributed by atoms with Crippen molar-refractivity contribution in [3.8, 4) is 0 Å². The van der Waals surface area contributed by atoms with Gasteiger partial charge >= 0.3 is 11.9 Å². The molecule has 1 aromatic heterocycles. The van der Waals surface area contributed by atoms with E-state index in [0.29, 0.717) is 28.3 Å². The molecule has 7 heteroatoms. The molecule has 4 rings (SSSR count). The van der Waals surface area contributed by atoms with Crippen LogP contribution in [0.4, 0.5) is 0 Å². The fourth-order valence-corrected chi connectivity index (χ4v) is 4.38. The van der Waals surface area contributed by atoms with Crippen LogP contribution in [0.25, 0.3) is 5.76 Å². The van der Waals surface area contributed by atoms with Gasteiger partial charge in [0, 0.05) is 29.8 Å². The Morgan fingerprint density at radius 3 is 2.33 bits per heavy atom. The normalized spacial score (nSPS) is 25.4. The van der Waals surface area contributed by atoms with E-state index in [0.717, 1.165) is 11.1 Å². The van der Waals surface area contributed by atoms with Gasteiger partial charge in [0.15, 0.2) is 11.4 Å². The van der Waals surface area contributed by atoms with Crippen molar-refractivity contribution in [2.45, 2.75) is 25.9 Å². The van der Waals surface area contributed by atoms with Crippen molar-refractivity contribution < 1.29 is 28.5 Å². The summed E-state index contributed by atoms with van der Waals surface area (Å²) in [6.45, 7) is 3.79. The average molecular weight is 447 g/mol. The number of carbonyl (C=O) groups is 2. The van der Waals surface area contributed by atoms with Crippen molar-refractivity contribution in [3.05, 3.63) is 93.5 Å². The number of aryl methyl sites for hydroxylation is 1. The van der Waals surface area contributed by atoms with Crippen molar-refractivity contribution in [2.24, 2.45) is 0 Å². The van der Waals surface area contributed by atoms with E-state index in [-0.39, 0.29) is 17.6 Å². The zero-order valence-electron chi connectivity index (χ0n) is 19.2. The molecule has 1 atom stereocenters. The number of aromatic nitrogens is 1. The number of pyridine rings is 1. The Labute approximate surface area is 192 Å². The van der Waals surface area contributed by atoms with Crippen molar-refractivity contribution in [1.82, 2.24) is 4.98 Å². The number of carbonyl (C=O) groups excluding carboxylic acids is 2. The van der Waals surface area contributed by atoms with Crippen LogP contribution in [0.15, 0.2) is 71.1 Å². The molecule has 0 aliphatic carbocycles. The summed E-state index contributed by atoms with van der Waals surface area (Å²) in [5.41, 5.74) is 2.30. The van der Waals surface area contributed by atoms with Crippen LogP contribution in [0.2, 0.25) is 0 Å². The number of nitrogens with zero attached hydrogens (tertiary/aromatic N) is 1. The number of hydrogen-bond donors (Lipinski definition) is 0. The van der Waals surface area contributed by atoms with Crippen molar-refractivity contribution in [1.29, 1.82) is 0 Å². The summed E-state index contributed by atoms with van der Waals surface area (Å²) >= 11 is 0. The van der Waals surface area contributed by atoms with Crippen LogP contribution >= 0.6 is 0 Å². The zero-order valence-corrected chi connectivity index (χ0v) is 19.2. The Morgan fingerprint density at radius 1 is 1.00 bits per heavy atom. The molecular weight excluding hydrogens is 422 g/mol. The number of methoxy groups -OCH3 is 3. The molecule has 3 heterocycles. The van der Waals surface area contributed by atoms with E-state index in [1.807, 2.05) is 44.2 Å². The second-order valence-corrected chi connectivity index (χ2v) is 7.92. The number of rotatable bonds is 4. The average Bonchev–Trinajstić information content (AvgIpc) is 3.18. The van der Waals surface area contributed by atoms with Gasteiger partial charge in [0.1, 0.15) is 17.0 Å². The molecule has 33 heavy (non-hydrogen) atoms. The quantitative estimate of drug-likeness (QED) is 0.656. The molecule has 0 amide bonds. The first kappa shape index (κ1) is 22.3. The highest BCUT2D eigenvalue weighted by molar-refractivity contribution is 6.04. The predicted molar refractivity (Wildman–Crippen MR) is 121 cm³/mol. The molecule has 0 saturated carbocycles. The van der Waals surface area contributed by atoms with Gasteiger partial charge in [-0.05, 0) is 25.5 Å². The van der Waals surface area contributed by atoms with Crippen LogP contribution < -0.4 is 0 Å². The number of benzene rings is 1. The summed E-state index contributed by atoms with van der Waals surface area (Å²) in [5, 5.41) is 0. The lowest BCUT2D eigenvalue weighted by molar-refractivity contribution is -0.141. The summed E-state index contributed by atoms with van der Waals surface area (Å²) in [7, 11) is 4.09. The van der Waals surface area contributed by atoms with Gasteiger partial charge in [-0.1, -0.05) is 35.9 Å². The van der Waals surface area contributed by atoms with Crippen LogP contribution in [0.5, 0.6) is 0 Å². The van der Waals surface area contributed by atoms with E-state index < -0.39 is 17.5 Å². The molecule has 0 N–H and O–H groups in total. The lowest BCUT2D eigenvalue weighted by Crippen LogP contribution is -2.36. The molecule has 2 aliphatic rings. The molecule has 2 aliphatic heterocycles. The standard InChI is InChI=1S/C26H25NO6/c1-15-8-10-17(11-9-15)26-19-7-6-12-27-23(19)21(33-26)14-20(30-3)16(2)13-18(24(28)31-4)22(26)25(29)32-5/h6-12,14H,13H2,1-5H3/b20-16+,21-14-,22-18+. The Bertz CT molecular complexity index is 1220. The molecule has 1 unspecified atom stereocenters. The Kier molecular flexibility index (Phi) is 5.80. The second-order valence-electron chi connectivity index (χ2n) is 7.92. The summed E-state index contributed by atoms with van der Waals surface area (Å²) in [4.78, 5) is 31.1. The maximum Gasteiger partial charge on any atom is 0.339 e. The lowest BCUT2D eigenvalue weighted by Gasteiger charge is -2.33. The zero-order chi connectivity index (χ0) is 23.8. The van der Waals surface area contributed by atoms with Gasteiger partial charge < -0.3 is 18.9 Å². The van der Waals surface area contributed by atoms with E-state index >= 15 is 0 Å². The molecule has 7 nitrogen and oxygen atoms in total. The molecule has 0 fully saturated rings. The van der Waals surface area contributed by atoms with Gasteiger partial charge in [-0.25, -0.2) is 9.59 Å². The monoisotopic (exact) mass is 447 g/mol. The Balaban J connectivity index is 2.22. The van der Waals surface area contributed by atoms with E-state index in [4.69, 9.17) is 18.9 Å². The fraction of sp³-hybridized carbons (Fsp3) is 0.269. The summed E-state index contributed by atoms with van der Waals surface area (Å²) in [5.74, 6) is -0.412. The van der Waals surface area contributed by atoms with E-state index in [2.05, 4.69) is 4.98 Å². The molecule has 2 bridgehead atoms. The van der Waals surface area contributed by atoms with E-state index in [9.17, 15) is 9.59 Å². The molecule has 2 aromatic rings. The summed E-state index contributed by atoms with van der Waals surface area (Å²) < 4.78 is 22.5. The van der Waals surface area contributed by atoms with Gasteiger partial charge in [0.2, 0.25) is 0 Å². The minimum Gasteiger partial charge on any atom is -0.497 e. The van der Waals surface area contributed by atoms with Gasteiger partial charge in [0.05, 0.1) is 26.9 Å². The topological polar surface area (TPSA) is 84.0 Å². The summed E-state index contributed by atoms with van der Waals surface area (Å²) in [6.07, 6.45) is 3.50. The Morgan fingerprint density at radius 2 is 1.70 bits per heavy atom. The molecule has 0 saturated heterocycles. The van der Waals surface area contributed by atoms with Crippen LogP contribution in [0.3, 0.4) is 0 Å². The SMILES string of the molecule is COC(=O)/C1=C(\C(=O)OC)C2(c3ccc(C)cc3)O/C(=C\C(OC)=C(\C)C1)c1ncccc12. The number of hydrogen-bond acceptors (Lipinski definition) is 7. The highest BCUT2D eigenvalue weighted by Gasteiger charge is 2.54. The third kappa shape index (κ3) is 3.50. The van der Waals surface area contributed by atoms with E-state index in [1.165, 1.54) is 21.3 Å². The van der Waals surface area contributed by atoms with Crippen molar-refractivity contribution in [3.63, 3.8) is 0 Å². The predicted octanol–water partition coefficient (Wildman–Crippen LogP) is 3.97. The first-order valence-corrected chi connectivity index (χ1v) is 10.4. The van der Waals surface area contributed by atoms with Crippen LogP contribution in [-0.4, -0.2) is 38.3 Å². The molecular formula is C26H25NO6. The smallest absolute Gasteiger partial charge is 0.339 e. The minimum atomic E-state index is -1.47. The summed E-state index contributed by atoms with van der Waals surface area (Å²) in [6, 6.07) is 11.2. The number of ether oxygens (including phenoxy) is 4. The van der Waals surface area contributed by atoms with Gasteiger partial charge in [-0.2, -0.15) is 0 Å². The molecule has 170 valence electrons. The highest BCUT2D eigenvalue weighted by atomic mass is 16.5. The van der Waals surface area contributed by atoms with E-state index in [1.54, 1.807) is 18.3 Å². The van der Waals surface area contributed by atoms with Crippen molar-refractivity contribution in [2.75, 3.05) is 21.3 Å².